The summed E-state index contributed by atoms with van der Waals surface area (Å²) in [5, 5.41) is 11.4. The molecule has 1 amide bonds. The summed E-state index contributed by atoms with van der Waals surface area (Å²) in [6, 6.07) is 7.64. The lowest BCUT2D eigenvalue weighted by Crippen LogP contribution is -2.37. The van der Waals surface area contributed by atoms with Crippen LogP contribution in [-0.4, -0.2) is 50.1 Å². The first-order chi connectivity index (χ1) is 14.8. The molecule has 7 nitrogen and oxygen atoms in total. The minimum atomic E-state index is -1.63. The zero-order valence-electron chi connectivity index (χ0n) is 17.9. The Hall–Kier alpha value is -3.50. The first-order valence-electron chi connectivity index (χ1n) is 10.3. The molecule has 3 N–H and O–H groups in total. The van der Waals surface area contributed by atoms with Gasteiger partial charge in [-0.05, 0) is 36.1 Å². The maximum atomic E-state index is 12.2. The molecule has 1 aliphatic heterocycles. The number of likely N-dealkylation sites (tertiary alicyclic amines) is 1. The van der Waals surface area contributed by atoms with Crippen LogP contribution in [0.1, 0.15) is 31.4 Å². The molecule has 1 aliphatic rings. The van der Waals surface area contributed by atoms with Crippen LogP contribution in [0.5, 0.6) is 0 Å². The molecule has 31 heavy (non-hydrogen) atoms. The predicted molar refractivity (Wildman–Crippen MR) is 120 cm³/mol. The van der Waals surface area contributed by atoms with Gasteiger partial charge in [0, 0.05) is 48.9 Å². The molecule has 3 heterocycles. The van der Waals surface area contributed by atoms with Crippen LogP contribution in [0, 0.1) is 17.8 Å². The molecule has 7 heteroatoms. The summed E-state index contributed by atoms with van der Waals surface area (Å²) < 4.78 is 0. The average molecular weight is 415 g/mol. The van der Waals surface area contributed by atoms with Crippen LogP contribution < -0.4 is 5.73 Å². The van der Waals surface area contributed by atoms with Gasteiger partial charge in [-0.25, -0.2) is 15.0 Å². The summed E-state index contributed by atoms with van der Waals surface area (Å²) in [5.74, 6) is 6.73. The van der Waals surface area contributed by atoms with Gasteiger partial charge >= 0.3 is 0 Å². The molecule has 0 bridgehead atoms. The number of carbonyl (C=O) groups is 1. The van der Waals surface area contributed by atoms with Crippen molar-refractivity contribution in [3.63, 3.8) is 0 Å². The lowest BCUT2D eigenvalue weighted by molar-refractivity contribution is -0.137. The minimum Gasteiger partial charge on any atom is -0.382 e. The van der Waals surface area contributed by atoms with Gasteiger partial charge in [-0.3, -0.25) is 4.79 Å². The number of likely N-dealkylation sites (N-methyl/N-ethyl adjacent to an activating group) is 1. The second kappa shape index (κ2) is 7.97. The van der Waals surface area contributed by atoms with Gasteiger partial charge in [0.1, 0.15) is 11.3 Å². The third kappa shape index (κ3) is 4.07. The van der Waals surface area contributed by atoms with Gasteiger partial charge < -0.3 is 15.7 Å². The number of aromatic nitrogens is 3. The second-order valence-corrected chi connectivity index (χ2v) is 8.38. The Kier molecular flexibility index (Phi) is 5.34. The van der Waals surface area contributed by atoms with E-state index in [1.165, 1.54) is 4.90 Å². The molecule has 4 rings (SSSR count). The van der Waals surface area contributed by atoms with E-state index in [9.17, 15) is 9.90 Å². The van der Waals surface area contributed by atoms with Crippen molar-refractivity contribution in [2.75, 3.05) is 19.3 Å². The number of hydrogen-bond donors (Lipinski definition) is 2. The average Bonchev–Trinajstić information content (AvgIpc) is 3.01. The number of fused-ring (bicyclic) bond motifs is 1. The number of rotatable bonds is 3. The van der Waals surface area contributed by atoms with Crippen LogP contribution >= 0.6 is 0 Å². The number of hydrogen-bond acceptors (Lipinski definition) is 6. The number of nitrogens with two attached hydrogens (primary N) is 1. The first-order valence-corrected chi connectivity index (χ1v) is 10.3. The van der Waals surface area contributed by atoms with E-state index in [4.69, 9.17) is 5.73 Å². The van der Waals surface area contributed by atoms with Crippen molar-refractivity contribution in [1.82, 2.24) is 19.9 Å². The van der Waals surface area contributed by atoms with Crippen LogP contribution in [0.25, 0.3) is 22.3 Å². The molecular weight excluding hydrogens is 390 g/mol. The molecule has 1 saturated heterocycles. The SMILES string of the molecule is CC(C)Cc1ccc(C#C[C@@]2(O)CCN(C)C2=O)cc1-c1ncc2ccnc(N)c2n1. The molecule has 0 aliphatic carbocycles. The third-order valence-electron chi connectivity index (χ3n) is 5.43. The lowest BCUT2D eigenvalue weighted by Gasteiger charge is -2.14. The lowest BCUT2D eigenvalue weighted by atomic mass is 9.95. The summed E-state index contributed by atoms with van der Waals surface area (Å²) in [4.78, 5) is 27.0. The van der Waals surface area contributed by atoms with Crippen molar-refractivity contribution in [1.29, 1.82) is 0 Å². The molecule has 1 fully saturated rings. The fourth-order valence-corrected chi connectivity index (χ4v) is 3.73. The van der Waals surface area contributed by atoms with Crippen LogP contribution in [0.15, 0.2) is 36.7 Å². The van der Waals surface area contributed by atoms with Gasteiger partial charge in [-0.2, -0.15) is 0 Å². The predicted octanol–water partition coefficient (Wildman–Crippen LogP) is 2.42. The van der Waals surface area contributed by atoms with Crippen molar-refractivity contribution in [2.45, 2.75) is 32.3 Å². The molecule has 2 aromatic heterocycles. The molecule has 0 spiro atoms. The summed E-state index contributed by atoms with van der Waals surface area (Å²) in [7, 11) is 1.67. The van der Waals surface area contributed by atoms with Gasteiger partial charge in [-0.1, -0.05) is 31.8 Å². The largest absolute Gasteiger partial charge is 0.382 e. The quantitative estimate of drug-likeness (QED) is 0.637. The molecule has 3 aromatic rings. The molecule has 0 unspecified atom stereocenters. The molecular formula is C24H25N5O2. The van der Waals surface area contributed by atoms with E-state index < -0.39 is 5.60 Å². The van der Waals surface area contributed by atoms with Crippen LogP contribution in [0.2, 0.25) is 0 Å². The highest BCUT2D eigenvalue weighted by molar-refractivity contribution is 5.90. The Morgan fingerprint density at radius 1 is 1.29 bits per heavy atom. The van der Waals surface area contributed by atoms with Crippen LogP contribution in [0.3, 0.4) is 0 Å². The number of aliphatic hydroxyl groups is 1. The Bertz CT molecular complexity index is 1230. The maximum Gasteiger partial charge on any atom is 0.267 e. The highest BCUT2D eigenvalue weighted by Crippen LogP contribution is 2.27. The van der Waals surface area contributed by atoms with Crippen molar-refractivity contribution >= 4 is 22.6 Å². The molecule has 0 saturated carbocycles. The number of pyridine rings is 1. The summed E-state index contributed by atoms with van der Waals surface area (Å²) in [6.45, 7) is 4.79. The Morgan fingerprint density at radius 2 is 2.10 bits per heavy atom. The Labute approximate surface area is 181 Å². The monoisotopic (exact) mass is 415 g/mol. The van der Waals surface area contributed by atoms with Crippen molar-refractivity contribution in [3.8, 4) is 23.2 Å². The van der Waals surface area contributed by atoms with E-state index in [1.54, 1.807) is 19.4 Å². The normalized spacial score (nSPS) is 18.5. The van der Waals surface area contributed by atoms with Gasteiger partial charge in [0.2, 0.25) is 5.60 Å². The van der Waals surface area contributed by atoms with E-state index in [2.05, 4.69) is 40.6 Å². The minimum absolute atomic E-state index is 0.299. The zero-order valence-corrected chi connectivity index (χ0v) is 17.9. The van der Waals surface area contributed by atoms with Gasteiger partial charge in [-0.15, -0.1) is 0 Å². The van der Waals surface area contributed by atoms with Crippen LogP contribution in [-0.2, 0) is 11.2 Å². The number of nitrogens with zero attached hydrogens (tertiary/aromatic N) is 4. The number of anilines is 1. The van der Waals surface area contributed by atoms with Crippen molar-refractivity contribution in [3.05, 3.63) is 47.8 Å². The Morgan fingerprint density at radius 3 is 2.81 bits per heavy atom. The summed E-state index contributed by atoms with van der Waals surface area (Å²) in [5.41, 5.74) is 7.62. The highest BCUT2D eigenvalue weighted by Gasteiger charge is 2.42. The van der Waals surface area contributed by atoms with E-state index in [1.807, 2.05) is 24.3 Å². The molecule has 0 radical (unpaired) electrons. The van der Waals surface area contributed by atoms with E-state index in [0.717, 1.165) is 22.9 Å². The second-order valence-electron chi connectivity index (χ2n) is 8.38. The zero-order chi connectivity index (χ0) is 22.2. The summed E-state index contributed by atoms with van der Waals surface area (Å²) in [6.07, 6.45) is 4.52. The topological polar surface area (TPSA) is 105 Å². The highest BCUT2D eigenvalue weighted by atomic mass is 16.3. The maximum absolute atomic E-state index is 12.2. The number of benzene rings is 1. The Balaban J connectivity index is 1.79. The van der Waals surface area contributed by atoms with Crippen LogP contribution in [0.4, 0.5) is 5.82 Å². The first kappa shape index (κ1) is 20.8. The summed E-state index contributed by atoms with van der Waals surface area (Å²) >= 11 is 0. The third-order valence-corrected chi connectivity index (χ3v) is 5.43. The number of nitrogen functional groups attached to an aromatic ring is 1. The molecule has 158 valence electrons. The number of carbonyl (C=O) groups excluding carboxylic acids is 1. The fraction of sp³-hybridized carbons (Fsp3) is 0.333. The van der Waals surface area contributed by atoms with E-state index in [0.29, 0.717) is 41.6 Å². The smallest absolute Gasteiger partial charge is 0.267 e. The number of amides is 1. The fourth-order valence-electron chi connectivity index (χ4n) is 3.73. The van der Waals surface area contributed by atoms with E-state index in [-0.39, 0.29) is 5.91 Å². The standard InChI is InChI=1S/C24H25N5O2/c1-15(2)12-17-5-4-16(6-8-24(31)9-11-29(3)23(24)30)13-19(17)22-27-14-18-7-10-26-21(25)20(18)28-22/h4-5,7,10,13-15,31H,9,11-12H2,1-3H3,(H2,25,26)/t24-/m1/s1. The molecule has 1 aromatic carbocycles. The van der Waals surface area contributed by atoms with Gasteiger partial charge in [0.25, 0.3) is 5.91 Å². The van der Waals surface area contributed by atoms with E-state index >= 15 is 0 Å². The van der Waals surface area contributed by atoms with Gasteiger partial charge in [0.05, 0.1) is 0 Å². The van der Waals surface area contributed by atoms with Crippen molar-refractivity contribution in [2.24, 2.45) is 5.92 Å². The molecule has 1 atom stereocenters. The van der Waals surface area contributed by atoms with Gasteiger partial charge in [0.15, 0.2) is 5.82 Å². The van der Waals surface area contributed by atoms with Crippen molar-refractivity contribution < 1.29 is 9.90 Å².